The van der Waals surface area contributed by atoms with Crippen LogP contribution in [0.2, 0.25) is 0 Å². The number of rotatable bonds is 6. The molecule has 1 aliphatic rings. The van der Waals surface area contributed by atoms with Crippen LogP contribution in [0.4, 0.5) is 0 Å². The molecular formula is C14H28BrN. The number of nitrogens with zero attached hydrogens (tertiary/aromatic N) is 1. The van der Waals surface area contributed by atoms with Crippen LogP contribution in [0.25, 0.3) is 0 Å². The maximum atomic E-state index is 3.64. The Kier molecular flexibility index (Phi) is 6.98. The summed E-state index contributed by atoms with van der Waals surface area (Å²) in [6.45, 7) is 7.23. The molecule has 96 valence electrons. The molecule has 0 radical (unpaired) electrons. The van der Waals surface area contributed by atoms with Crippen LogP contribution in [-0.2, 0) is 0 Å². The van der Waals surface area contributed by atoms with Gasteiger partial charge in [-0.05, 0) is 37.6 Å². The fourth-order valence-electron chi connectivity index (χ4n) is 2.72. The van der Waals surface area contributed by atoms with Gasteiger partial charge < -0.3 is 4.90 Å². The Balaban J connectivity index is 2.25. The average Bonchev–Trinajstić information content (AvgIpc) is 2.27. The van der Waals surface area contributed by atoms with Crippen LogP contribution in [0.3, 0.4) is 0 Å². The zero-order valence-electron chi connectivity index (χ0n) is 11.2. The maximum absolute atomic E-state index is 3.64. The standard InChI is InChI=1S/C14H28BrN/c1-12(2)14(9-15)11-16(3)10-13-7-5-4-6-8-13/h12-14H,4-11H2,1-3H3. The van der Waals surface area contributed by atoms with E-state index in [1.807, 2.05) is 0 Å². The summed E-state index contributed by atoms with van der Waals surface area (Å²) < 4.78 is 0. The third-order valence-electron chi connectivity index (χ3n) is 3.98. The van der Waals surface area contributed by atoms with Crippen LogP contribution in [0.5, 0.6) is 0 Å². The van der Waals surface area contributed by atoms with E-state index < -0.39 is 0 Å². The first-order chi connectivity index (χ1) is 7.63. The predicted octanol–water partition coefficient (Wildman–Crippen LogP) is 4.17. The lowest BCUT2D eigenvalue weighted by Crippen LogP contribution is -2.33. The average molecular weight is 290 g/mol. The highest BCUT2D eigenvalue weighted by Crippen LogP contribution is 2.24. The largest absolute Gasteiger partial charge is 0.306 e. The minimum absolute atomic E-state index is 0.785. The molecule has 0 aromatic carbocycles. The van der Waals surface area contributed by atoms with Gasteiger partial charge in [0.05, 0.1) is 0 Å². The molecule has 0 heterocycles. The maximum Gasteiger partial charge on any atom is 0.00743 e. The zero-order chi connectivity index (χ0) is 12.0. The van der Waals surface area contributed by atoms with E-state index in [0.717, 1.165) is 23.1 Å². The molecule has 0 aromatic rings. The van der Waals surface area contributed by atoms with E-state index >= 15 is 0 Å². The van der Waals surface area contributed by atoms with Crippen molar-refractivity contribution >= 4 is 15.9 Å². The van der Waals surface area contributed by atoms with Crippen molar-refractivity contribution < 1.29 is 0 Å². The molecule has 1 saturated carbocycles. The van der Waals surface area contributed by atoms with Crippen LogP contribution in [-0.4, -0.2) is 30.4 Å². The van der Waals surface area contributed by atoms with Crippen LogP contribution in [0.1, 0.15) is 46.0 Å². The van der Waals surface area contributed by atoms with E-state index in [2.05, 4.69) is 41.7 Å². The molecule has 1 unspecified atom stereocenters. The molecule has 0 spiro atoms. The summed E-state index contributed by atoms with van der Waals surface area (Å²) in [5.74, 6) is 2.56. The molecule has 2 heteroatoms. The smallest absolute Gasteiger partial charge is 0.00743 e. The van der Waals surface area contributed by atoms with Gasteiger partial charge in [0.2, 0.25) is 0 Å². The van der Waals surface area contributed by atoms with Gasteiger partial charge in [0.1, 0.15) is 0 Å². The Morgan fingerprint density at radius 1 is 1.19 bits per heavy atom. The van der Waals surface area contributed by atoms with E-state index in [4.69, 9.17) is 0 Å². The van der Waals surface area contributed by atoms with E-state index in [0.29, 0.717) is 0 Å². The van der Waals surface area contributed by atoms with Gasteiger partial charge in [0.25, 0.3) is 0 Å². The summed E-state index contributed by atoms with van der Waals surface area (Å²) in [4.78, 5) is 2.56. The predicted molar refractivity (Wildman–Crippen MR) is 76.2 cm³/mol. The third kappa shape index (κ3) is 5.18. The summed E-state index contributed by atoms with van der Waals surface area (Å²) in [5.41, 5.74) is 0. The monoisotopic (exact) mass is 289 g/mol. The highest BCUT2D eigenvalue weighted by molar-refractivity contribution is 9.09. The van der Waals surface area contributed by atoms with Gasteiger partial charge in [-0.15, -0.1) is 0 Å². The number of alkyl halides is 1. The summed E-state index contributed by atoms with van der Waals surface area (Å²) >= 11 is 3.64. The fourth-order valence-corrected chi connectivity index (χ4v) is 3.68. The highest BCUT2D eigenvalue weighted by Gasteiger charge is 2.18. The molecule has 0 bridgehead atoms. The molecule has 1 rings (SSSR count). The number of halogens is 1. The van der Waals surface area contributed by atoms with Crippen molar-refractivity contribution in [1.29, 1.82) is 0 Å². The molecule has 1 nitrogen and oxygen atoms in total. The van der Waals surface area contributed by atoms with Gasteiger partial charge in [-0.25, -0.2) is 0 Å². The quantitative estimate of drug-likeness (QED) is 0.664. The topological polar surface area (TPSA) is 3.24 Å². The molecule has 0 amide bonds. The minimum Gasteiger partial charge on any atom is -0.306 e. The first kappa shape index (κ1) is 14.5. The second kappa shape index (κ2) is 7.71. The Hall–Kier alpha value is 0.440. The minimum atomic E-state index is 0.785. The Morgan fingerprint density at radius 2 is 1.81 bits per heavy atom. The van der Waals surface area contributed by atoms with Crippen molar-refractivity contribution in [3.8, 4) is 0 Å². The summed E-state index contributed by atoms with van der Waals surface area (Å²) in [5, 5.41) is 1.14. The van der Waals surface area contributed by atoms with Gasteiger partial charge in [-0.2, -0.15) is 0 Å². The van der Waals surface area contributed by atoms with E-state index in [1.165, 1.54) is 45.2 Å². The molecule has 0 aliphatic heterocycles. The van der Waals surface area contributed by atoms with Crippen LogP contribution < -0.4 is 0 Å². The summed E-state index contributed by atoms with van der Waals surface area (Å²) in [6, 6.07) is 0. The zero-order valence-corrected chi connectivity index (χ0v) is 12.8. The first-order valence-electron chi connectivity index (χ1n) is 6.88. The lowest BCUT2D eigenvalue weighted by Gasteiger charge is -2.30. The van der Waals surface area contributed by atoms with E-state index in [-0.39, 0.29) is 0 Å². The Bertz CT molecular complexity index is 176. The number of hydrogen-bond acceptors (Lipinski definition) is 1. The molecule has 0 N–H and O–H groups in total. The van der Waals surface area contributed by atoms with Gasteiger partial charge >= 0.3 is 0 Å². The van der Waals surface area contributed by atoms with Gasteiger partial charge in [0, 0.05) is 18.4 Å². The summed E-state index contributed by atoms with van der Waals surface area (Å²) in [7, 11) is 2.30. The van der Waals surface area contributed by atoms with Crippen molar-refractivity contribution in [2.24, 2.45) is 17.8 Å². The van der Waals surface area contributed by atoms with Crippen molar-refractivity contribution in [2.45, 2.75) is 46.0 Å². The SMILES string of the molecule is CC(C)C(CBr)CN(C)CC1CCCCC1. The van der Waals surface area contributed by atoms with Crippen LogP contribution in [0.15, 0.2) is 0 Å². The second-order valence-electron chi connectivity index (χ2n) is 5.88. The molecule has 1 fully saturated rings. The van der Waals surface area contributed by atoms with Crippen LogP contribution in [0, 0.1) is 17.8 Å². The molecule has 0 saturated heterocycles. The van der Waals surface area contributed by atoms with Gasteiger partial charge in [0.15, 0.2) is 0 Å². The Morgan fingerprint density at radius 3 is 2.31 bits per heavy atom. The molecular weight excluding hydrogens is 262 g/mol. The lowest BCUT2D eigenvalue weighted by atomic mass is 9.88. The highest BCUT2D eigenvalue weighted by atomic mass is 79.9. The normalized spacial score (nSPS) is 20.6. The lowest BCUT2D eigenvalue weighted by molar-refractivity contribution is 0.197. The third-order valence-corrected chi connectivity index (χ3v) is 4.81. The second-order valence-corrected chi connectivity index (χ2v) is 6.53. The number of hydrogen-bond donors (Lipinski definition) is 0. The van der Waals surface area contributed by atoms with E-state index in [9.17, 15) is 0 Å². The van der Waals surface area contributed by atoms with E-state index in [1.54, 1.807) is 0 Å². The molecule has 1 aliphatic carbocycles. The molecule has 16 heavy (non-hydrogen) atoms. The molecule has 1 atom stereocenters. The summed E-state index contributed by atoms with van der Waals surface area (Å²) in [6.07, 6.45) is 7.32. The first-order valence-corrected chi connectivity index (χ1v) is 8.00. The van der Waals surface area contributed by atoms with Crippen molar-refractivity contribution in [3.63, 3.8) is 0 Å². The van der Waals surface area contributed by atoms with Crippen molar-refractivity contribution in [3.05, 3.63) is 0 Å². The van der Waals surface area contributed by atoms with Gasteiger partial charge in [-0.1, -0.05) is 49.0 Å². The van der Waals surface area contributed by atoms with Crippen molar-refractivity contribution in [2.75, 3.05) is 25.5 Å². The molecule has 0 aromatic heterocycles. The fraction of sp³-hybridized carbons (Fsp3) is 1.00. The van der Waals surface area contributed by atoms with Crippen molar-refractivity contribution in [1.82, 2.24) is 4.90 Å². The van der Waals surface area contributed by atoms with Crippen LogP contribution >= 0.6 is 15.9 Å². The Labute approximate surface area is 110 Å². The van der Waals surface area contributed by atoms with Gasteiger partial charge in [-0.3, -0.25) is 0 Å².